The van der Waals surface area contributed by atoms with Crippen molar-refractivity contribution < 1.29 is 9.53 Å². The number of aromatic nitrogens is 3. The van der Waals surface area contributed by atoms with Gasteiger partial charge in [-0.15, -0.1) is 10.2 Å². The molecule has 0 atom stereocenters. The summed E-state index contributed by atoms with van der Waals surface area (Å²) >= 11 is 7.89. The molecule has 180 valence electrons. The number of aryl methyl sites for hydroxylation is 1. The molecule has 0 spiro atoms. The van der Waals surface area contributed by atoms with E-state index in [-0.39, 0.29) is 12.6 Å². The molecule has 7 nitrogen and oxygen atoms in total. The molecule has 0 aliphatic carbocycles. The lowest BCUT2D eigenvalue weighted by atomic mass is 10.2. The van der Waals surface area contributed by atoms with Crippen LogP contribution in [0.4, 0.5) is 10.5 Å². The van der Waals surface area contributed by atoms with Gasteiger partial charge in [-0.2, -0.15) is 0 Å². The van der Waals surface area contributed by atoms with Crippen molar-refractivity contribution in [3.63, 3.8) is 0 Å². The predicted molar refractivity (Wildman–Crippen MR) is 141 cm³/mol. The van der Waals surface area contributed by atoms with E-state index in [0.29, 0.717) is 23.1 Å². The summed E-state index contributed by atoms with van der Waals surface area (Å²) in [5.41, 5.74) is 3.75. The molecule has 0 saturated carbocycles. The molecule has 3 aromatic carbocycles. The van der Waals surface area contributed by atoms with E-state index in [1.165, 1.54) is 5.56 Å². The van der Waals surface area contributed by atoms with E-state index in [0.717, 1.165) is 27.9 Å². The van der Waals surface area contributed by atoms with Gasteiger partial charge in [-0.3, -0.25) is 4.57 Å². The highest BCUT2D eigenvalue weighted by atomic mass is 35.5. The van der Waals surface area contributed by atoms with Crippen molar-refractivity contribution in [3.05, 3.63) is 94.8 Å². The van der Waals surface area contributed by atoms with E-state index >= 15 is 0 Å². The van der Waals surface area contributed by atoms with Crippen molar-refractivity contribution in [2.75, 3.05) is 11.9 Å². The predicted octanol–water partition coefficient (Wildman–Crippen LogP) is 6.24. The first-order valence-electron chi connectivity index (χ1n) is 11.2. The number of urea groups is 1. The molecule has 2 amide bonds. The zero-order chi connectivity index (χ0) is 24.6. The van der Waals surface area contributed by atoms with Crippen LogP contribution in [-0.2, 0) is 12.3 Å². The van der Waals surface area contributed by atoms with Gasteiger partial charge in [-0.25, -0.2) is 4.79 Å². The molecular weight excluding hydrogens is 482 g/mol. The Morgan fingerprint density at radius 3 is 2.57 bits per heavy atom. The Bertz CT molecular complexity index is 1280. The number of rotatable bonds is 9. The summed E-state index contributed by atoms with van der Waals surface area (Å²) < 4.78 is 7.39. The third kappa shape index (κ3) is 6.55. The van der Waals surface area contributed by atoms with Crippen LogP contribution in [0.3, 0.4) is 0 Å². The molecule has 0 fully saturated rings. The monoisotopic (exact) mass is 507 g/mol. The van der Waals surface area contributed by atoms with E-state index in [4.69, 9.17) is 16.3 Å². The number of nitrogens with one attached hydrogen (secondary N) is 2. The van der Waals surface area contributed by atoms with E-state index in [9.17, 15) is 4.79 Å². The number of anilines is 1. The van der Waals surface area contributed by atoms with E-state index in [1.807, 2.05) is 66.9 Å². The second-order valence-electron chi connectivity index (χ2n) is 7.70. The molecule has 1 aromatic heterocycles. The summed E-state index contributed by atoms with van der Waals surface area (Å²) in [6.45, 7) is 4.71. The smallest absolute Gasteiger partial charge is 0.319 e. The Morgan fingerprint density at radius 1 is 1.06 bits per heavy atom. The van der Waals surface area contributed by atoms with Gasteiger partial charge in [0.15, 0.2) is 11.0 Å². The van der Waals surface area contributed by atoms with Crippen LogP contribution in [0, 0.1) is 6.92 Å². The highest BCUT2D eigenvalue weighted by Gasteiger charge is 2.17. The highest BCUT2D eigenvalue weighted by Crippen LogP contribution is 2.28. The molecule has 4 aromatic rings. The number of nitrogens with zero attached hydrogens (tertiary/aromatic N) is 3. The molecule has 0 aliphatic heterocycles. The maximum Gasteiger partial charge on any atom is 0.319 e. The van der Waals surface area contributed by atoms with Gasteiger partial charge >= 0.3 is 6.03 Å². The van der Waals surface area contributed by atoms with Gasteiger partial charge in [0.25, 0.3) is 0 Å². The second-order valence-corrected chi connectivity index (χ2v) is 9.08. The third-order valence-corrected chi connectivity index (χ3v) is 6.39. The molecule has 0 bridgehead atoms. The highest BCUT2D eigenvalue weighted by molar-refractivity contribution is 7.98. The van der Waals surface area contributed by atoms with Gasteiger partial charge in [0.1, 0.15) is 5.75 Å². The number of halogens is 1. The summed E-state index contributed by atoms with van der Waals surface area (Å²) in [5, 5.41) is 15.8. The molecule has 0 aliphatic rings. The van der Waals surface area contributed by atoms with E-state index in [2.05, 4.69) is 33.0 Å². The lowest BCUT2D eigenvalue weighted by molar-refractivity contribution is 0.251. The molecule has 0 unspecified atom stereocenters. The molecule has 2 N–H and O–H groups in total. The number of benzene rings is 3. The lowest BCUT2D eigenvalue weighted by Gasteiger charge is -2.14. The first-order valence-corrected chi connectivity index (χ1v) is 12.5. The Labute approximate surface area is 213 Å². The van der Waals surface area contributed by atoms with Gasteiger partial charge in [0.2, 0.25) is 0 Å². The van der Waals surface area contributed by atoms with Crippen molar-refractivity contribution in [1.29, 1.82) is 0 Å². The van der Waals surface area contributed by atoms with Gasteiger partial charge in [0, 0.05) is 16.5 Å². The fraction of sp³-hybridized carbons (Fsp3) is 0.192. The largest absolute Gasteiger partial charge is 0.494 e. The molecule has 4 rings (SSSR count). The van der Waals surface area contributed by atoms with Crippen LogP contribution in [0.15, 0.2) is 78.0 Å². The van der Waals surface area contributed by atoms with Crippen LogP contribution in [0.2, 0.25) is 5.02 Å². The maximum atomic E-state index is 12.5. The Morgan fingerprint density at radius 2 is 1.83 bits per heavy atom. The van der Waals surface area contributed by atoms with Gasteiger partial charge in [-0.05, 0) is 61.4 Å². The Balaban J connectivity index is 1.50. The minimum absolute atomic E-state index is 0.188. The minimum Gasteiger partial charge on any atom is -0.494 e. The zero-order valence-electron chi connectivity index (χ0n) is 19.5. The molecular formula is C26H26ClN5O2S. The van der Waals surface area contributed by atoms with Crippen molar-refractivity contribution in [2.45, 2.75) is 31.3 Å². The van der Waals surface area contributed by atoms with Crippen LogP contribution in [0.25, 0.3) is 5.69 Å². The summed E-state index contributed by atoms with van der Waals surface area (Å²) in [7, 11) is 0. The summed E-state index contributed by atoms with van der Waals surface area (Å²) in [6.07, 6.45) is 0. The minimum atomic E-state index is -0.343. The van der Waals surface area contributed by atoms with E-state index < -0.39 is 0 Å². The first-order chi connectivity index (χ1) is 17.0. The van der Waals surface area contributed by atoms with Crippen LogP contribution in [0.1, 0.15) is 23.9 Å². The van der Waals surface area contributed by atoms with Gasteiger partial charge in [-0.1, -0.05) is 59.8 Å². The average molecular weight is 508 g/mol. The summed E-state index contributed by atoms with van der Waals surface area (Å²) in [6, 6.07) is 22.7. The van der Waals surface area contributed by atoms with Crippen LogP contribution in [-0.4, -0.2) is 27.4 Å². The number of carbonyl (C=O) groups excluding carboxylic acids is 1. The number of hydrogen-bond donors (Lipinski definition) is 2. The quantitative estimate of drug-likeness (QED) is 0.262. The Kier molecular flexibility index (Phi) is 8.28. The first kappa shape index (κ1) is 24.6. The second kappa shape index (κ2) is 11.8. The number of amides is 2. The zero-order valence-corrected chi connectivity index (χ0v) is 21.1. The fourth-order valence-electron chi connectivity index (χ4n) is 3.43. The SMILES string of the molecule is CCOc1ccc(NC(=O)NCc2nnc(SCc3ccccc3)n2-c2cc(Cl)ccc2C)cc1. The van der Waals surface area contributed by atoms with Crippen LogP contribution >= 0.6 is 23.4 Å². The van der Waals surface area contributed by atoms with Crippen molar-refractivity contribution in [1.82, 2.24) is 20.1 Å². The third-order valence-electron chi connectivity index (χ3n) is 5.15. The summed E-state index contributed by atoms with van der Waals surface area (Å²) in [4.78, 5) is 12.5. The number of ether oxygens (including phenoxy) is 1. The number of carbonyl (C=O) groups is 1. The van der Waals surface area contributed by atoms with Crippen LogP contribution in [0.5, 0.6) is 5.75 Å². The molecule has 0 saturated heterocycles. The topological polar surface area (TPSA) is 81.1 Å². The van der Waals surface area contributed by atoms with Crippen molar-refractivity contribution >= 4 is 35.1 Å². The number of thioether (sulfide) groups is 1. The standard InChI is InChI=1S/C26H26ClN5O2S/c1-3-34-22-13-11-21(12-14-22)29-25(33)28-16-24-30-31-26(35-17-19-7-5-4-6-8-19)32(24)23-15-20(27)10-9-18(23)2/h4-15H,3,16-17H2,1-2H3,(H2,28,29,33). The fourth-order valence-corrected chi connectivity index (χ4v) is 4.52. The lowest BCUT2D eigenvalue weighted by Crippen LogP contribution is -2.29. The molecule has 9 heteroatoms. The van der Waals surface area contributed by atoms with Crippen LogP contribution < -0.4 is 15.4 Å². The van der Waals surface area contributed by atoms with E-state index in [1.54, 1.807) is 23.9 Å². The maximum absolute atomic E-state index is 12.5. The molecule has 35 heavy (non-hydrogen) atoms. The molecule has 1 heterocycles. The van der Waals surface area contributed by atoms with Crippen molar-refractivity contribution in [2.24, 2.45) is 0 Å². The van der Waals surface area contributed by atoms with Crippen molar-refractivity contribution in [3.8, 4) is 11.4 Å². The average Bonchev–Trinajstić information content (AvgIpc) is 3.27. The van der Waals surface area contributed by atoms with Gasteiger partial charge < -0.3 is 15.4 Å². The number of hydrogen-bond acceptors (Lipinski definition) is 5. The molecule has 0 radical (unpaired) electrons. The Hall–Kier alpha value is -3.49. The summed E-state index contributed by atoms with van der Waals surface area (Å²) in [5.74, 6) is 2.10. The van der Waals surface area contributed by atoms with Gasteiger partial charge in [0.05, 0.1) is 18.8 Å². The normalized spacial score (nSPS) is 10.7.